The molecule has 1 amide bonds. The minimum Gasteiger partial charge on any atom is -0.376 e. The molecule has 1 aliphatic heterocycles. The Kier molecular flexibility index (Phi) is 4.33. The highest BCUT2D eigenvalue weighted by Gasteiger charge is 2.41. The van der Waals surface area contributed by atoms with Crippen LogP contribution in [-0.2, 0) is 19.0 Å². The number of carbonyl (C=O) groups is 1. The highest BCUT2D eigenvalue weighted by molar-refractivity contribution is 5.81. The van der Waals surface area contributed by atoms with Crippen LogP contribution < -0.4 is 11.1 Å². The van der Waals surface area contributed by atoms with Gasteiger partial charge in [0.15, 0.2) is 6.10 Å². The van der Waals surface area contributed by atoms with E-state index in [0.29, 0.717) is 26.4 Å². The first-order valence-electron chi connectivity index (χ1n) is 6.09. The van der Waals surface area contributed by atoms with E-state index in [2.05, 4.69) is 5.32 Å². The van der Waals surface area contributed by atoms with Gasteiger partial charge >= 0.3 is 0 Å². The first-order valence-corrected chi connectivity index (χ1v) is 6.09. The van der Waals surface area contributed by atoms with Crippen molar-refractivity contribution in [3.05, 3.63) is 0 Å². The summed E-state index contributed by atoms with van der Waals surface area (Å²) in [7, 11) is 0. The van der Waals surface area contributed by atoms with Gasteiger partial charge in [0.1, 0.15) is 0 Å². The fourth-order valence-electron chi connectivity index (χ4n) is 2.12. The monoisotopic (exact) mass is 244 g/mol. The summed E-state index contributed by atoms with van der Waals surface area (Å²) in [5, 5.41) is 2.88. The van der Waals surface area contributed by atoms with Crippen molar-refractivity contribution in [1.82, 2.24) is 5.32 Å². The van der Waals surface area contributed by atoms with E-state index in [1.807, 2.05) is 6.92 Å². The third-order valence-corrected chi connectivity index (χ3v) is 3.16. The molecule has 98 valence electrons. The second-order valence-corrected chi connectivity index (χ2v) is 4.36. The maximum absolute atomic E-state index is 11.9. The maximum Gasteiger partial charge on any atom is 0.251 e. The average Bonchev–Trinajstić information content (AvgIpc) is 2.36. The average molecular weight is 244 g/mol. The largest absolute Gasteiger partial charge is 0.376 e. The first kappa shape index (κ1) is 12.8. The summed E-state index contributed by atoms with van der Waals surface area (Å²) in [4.78, 5) is 11.9. The van der Waals surface area contributed by atoms with E-state index < -0.39 is 6.10 Å². The molecule has 6 nitrogen and oxygen atoms in total. The zero-order chi connectivity index (χ0) is 12.3. The Bertz CT molecular complexity index is 266. The van der Waals surface area contributed by atoms with Gasteiger partial charge in [-0.2, -0.15) is 0 Å². The second-order valence-electron chi connectivity index (χ2n) is 4.36. The smallest absolute Gasteiger partial charge is 0.251 e. The van der Waals surface area contributed by atoms with Crippen molar-refractivity contribution in [2.24, 2.45) is 5.73 Å². The molecule has 4 atom stereocenters. The summed E-state index contributed by atoms with van der Waals surface area (Å²) >= 11 is 0. The lowest BCUT2D eigenvalue weighted by Gasteiger charge is -2.43. The van der Waals surface area contributed by atoms with Gasteiger partial charge in [-0.3, -0.25) is 4.79 Å². The fourth-order valence-corrected chi connectivity index (χ4v) is 2.12. The van der Waals surface area contributed by atoms with Crippen LogP contribution in [0.15, 0.2) is 0 Å². The van der Waals surface area contributed by atoms with Crippen LogP contribution in [-0.4, -0.2) is 56.6 Å². The van der Waals surface area contributed by atoms with Crippen LogP contribution in [0.2, 0.25) is 0 Å². The molecule has 0 radical (unpaired) electrons. The maximum atomic E-state index is 11.9. The molecule has 0 bridgehead atoms. The van der Waals surface area contributed by atoms with E-state index in [9.17, 15) is 4.79 Å². The van der Waals surface area contributed by atoms with Crippen molar-refractivity contribution in [2.75, 3.05) is 26.4 Å². The molecule has 6 heteroatoms. The Morgan fingerprint density at radius 3 is 2.94 bits per heavy atom. The van der Waals surface area contributed by atoms with Gasteiger partial charge in [-0.25, -0.2) is 0 Å². The first-order chi connectivity index (χ1) is 8.22. The van der Waals surface area contributed by atoms with Gasteiger partial charge in [-0.1, -0.05) is 0 Å². The van der Waals surface area contributed by atoms with Gasteiger partial charge in [0.25, 0.3) is 5.91 Å². The summed E-state index contributed by atoms with van der Waals surface area (Å²) in [5.74, 6) is -0.158. The van der Waals surface area contributed by atoms with Crippen molar-refractivity contribution in [2.45, 2.75) is 37.6 Å². The minimum absolute atomic E-state index is 0.0278. The van der Waals surface area contributed by atoms with Crippen molar-refractivity contribution in [3.63, 3.8) is 0 Å². The van der Waals surface area contributed by atoms with E-state index in [1.165, 1.54) is 0 Å². The number of hydrogen-bond acceptors (Lipinski definition) is 5. The molecule has 1 heterocycles. The molecule has 3 N–H and O–H groups in total. The Labute approximate surface area is 101 Å². The Balaban J connectivity index is 1.80. The number of nitrogens with one attached hydrogen (secondary N) is 1. The molecule has 4 unspecified atom stereocenters. The molecular weight excluding hydrogens is 224 g/mol. The van der Waals surface area contributed by atoms with Crippen LogP contribution in [0.3, 0.4) is 0 Å². The SMILES string of the molecule is CCOC1CC(N)C1NC(=O)C1COCCO1. The van der Waals surface area contributed by atoms with E-state index in [-0.39, 0.29) is 24.1 Å². The molecule has 17 heavy (non-hydrogen) atoms. The molecule has 0 aromatic rings. The number of nitrogens with two attached hydrogens (primary N) is 1. The molecule has 2 aliphatic rings. The van der Waals surface area contributed by atoms with Gasteiger partial charge in [0.05, 0.1) is 32.0 Å². The quantitative estimate of drug-likeness (QED) is 0.664. The molecular formula is C11H20N2O4. The van der Waals surface area contributed by atoms with E-state index in [0.717, 1.165) is 6.42 Å². The molecule has 2 fully saturated rings. The highest BCUT2D eigenvalue weighted by atomic mass is 16.6. The Hall–Kier alpha value is -0.690. The lowest BCUT2D eigenvalue weighted by molar-refractivity contribution is -0.151. The van der Waals surface area contributed by atoms with Crippen LogP contribution in [0, 0.1) is 0 Å². The number of carbonyl (C=O) groups excluding carboxylic acids is 1. The number of ether oxygens (including phenoxy) is 3. The summed E-state index contributed by atoms with van der Waals surface area (Å²) in [5.41, 5.74) is 5.85. The lowest BCUT2D eigenvalue weighted by atomic mass is 9.83. The molecule has 0 spiro atoms. The normalized spacial score (nSPS) is 37.3. The number of amides is 1. The third-order valence-electron chi connectivity index (χ3n) is 3.16. The summed E-state index contributed by atoms with van der Waals surface area (Å²) in [6.45, 7) is 3.89. The lowest BCUT2D eigenvalue weighted by Crippen LogP contribution is -2.66. The highest BCUT2D eigenvalue weighted by Crippen LogP contribution is 2.22. The minimum atomic E-state index is -0.515. The van der Waals surface area contributed by atoms with Gasteiger partial charge in [-0.15, -0.1) is 0 Å². The van der Waals surface area contributed by atoms with Gasteiger partial charge in [0.2, 0.25) is 0 Å². The second kappa shape index (κ2) is 5.77. The van der Waals surface area contributed by atoms with Crippen LogP contribution in [0.1, 0.15) is 13.3 Å². The zero-order valence-corrected chi connectivity index (χ0v) is 10.1. The van der Waals surface area contributed by atoms with E-state index >= 15 is 0 Å². The van der Waals surface area contributed by atoms with Crippen molar-refractivity contribution in [1.29, 1.82) is 0 Å². The van der Waals surface area contributed by atoms with Crippen molar-refractivity contribution in [3.8, 4) is 0 Å². The Morgan fingerprint density at radius 2 is 2.35 bits per heavy atom. The van der Waals surface area contributed by atoms with Crippen LogP contribution in [0.25, 0.3) is 0 Å². The van der Waals surface area contributed by atoms with Crippen molar-refractivity contribution >= 4 is 5.91 Å². The summed E-state index contributed by atoms with van der Waals surface area (Å²) < 4.78 is 16.0. The van der Waals surface area contributed by atoms with Gasteiger partial charge in [-0.05, 0) is 13.3 Å². The van der Waals surface area contributed by atoms with E-state index in [1.54, 1.807) is 0 Å². The predicted molar refractivity (Wildman–Crippen MR) is 60.5 cm³/mol. The summed E-state index contributed by atoms with van der Waals surface area (Å²) in [6, 6.07) is -0.131. The van der Waals surface area contributed by atoms with Gasteiger partial charge in [0, 0.05) is 12.6 Å². The molecule has 1 aliphatic carbocycles. The van der Waals surface area contributed by atoms with E-state index in [4.69, 9.17) is 19.9 Å². The topological polar surface area (TPSA) is 82.8 Å². The molecule has 1 saturated heterocycles. The predicted octanol–water partition coefficient (Wildman–Crippen LogP) is -0.977. The van der Waals surface area contributed by atoms with Crippen molar-refractivity contribution < 1.29 is 19.0 Å². The van der Waals surface area contributed by atoms with Gasteiger partial charge < -0.3 is 25.3 Å². The zero-order valence-electron chi connectivity index (χ0n) is 10.1. The standard InChI is InChI=1S/C11H20N2O4/c1-2-16-8-5-7(12)10(8)13-11(14)9-6-15-3-4-17-9/h7-10H,2-6,12H2,1H3,(H,13,14). The van der Waals surface area contributed by atoms with Crippen LogP contribution in [0.4, 0.5) is 0 Å². The Morgan fingerprint density at radius 1 is 1.53 bits per heavy atom. The molecule has 0 aromatic carbocycles. The molecule has 1 saturated carbocycles. The molecule has 0 aromatic heterocycles. The summed E-state index contributed by atoms with van der Waals surface area (Å²) in [6.07, 6.45) is 0.308. The number of hydrogen-bond donors (Lipinski definition) is 2. The number of rotatable bonds is 4. The molecule has 2 rings (SSSR count). The third kappa shape index (κ3) is 2.95. The van der Waals surface area contributed by atoms with Crippen LogP contribution >= 0.6 is 0 Å². The van der Waals surface area contributed by atoms with Crippen LogP contribution in [0.5, 0.6) is 0 Å². The fraction of sp³-hybridized carbons (Fsp3) is 0.909.